The number of nitrogens with zero attached hydrogens (tertiary/aromatic N) is 2. The molecule has 0 aliphatic heterocycles. The van der Waals surface area contributed by atoms with Crippen LogP contribution in [0.5, 0.6) is 0 Å². The lowest BCUT2D eigenvalue weighted by Gasteiger charge is -2.29. The Morgan fingerprint density at radius 1 is 1.28 bits per heavy atom. The molecule has 1 aromatic carbocycles. The van der Waals surface area contributed by atoms with Gasteiger partial charge in [0.15, 0.2) is 0 Å². The van der Waals surface area contributed by atoms with Gasteiger partial charge in [-0.1, -0.05) is 12.1 Å². The van der Waals surface area contributed by atoms with Gasteiger partial charge >= 0.3 is 5.97 Å². The molecular formula is C21H21N3O5. The Bertz CT molecular complexity index is 1180. The Balaban J connectivity index is 1.39. The molecule has 2 fully saturated rings. The second-order valence-electron chi connectivity index (χ2n) is 7.93. The number of benzene rings is 1. The molecule has 29 heavy (non-hydrogen) atoms. The summed E-state index contributed by atoms with van der Waals surface area (Å²) >= 11 is 0. The van der Waals surface area contributed by atoms with Gasteiger partial charge in [0.1, 0.15) is 17.6 Å². The number of hydrogen-bond donors (Lipinski definition) is 1. The number of hydrogen-bond acceptors (Lipinski definition) is 6. The highest BCUT2D eigenvalue weighted by molar-refractivity contribution is 6.01. The van der Waals surface area contributed by atoms with Gasteiger partial charge in [-0.2, -0.15) is 0 Å². The van der Waals surface area contributed by atoms with E-state index < -0.39 is 5.56 Å². The molecule has 2 aliphatic carbocycles. The number of para-hydroxylation sites is 1. The molecule has 5 rings (SSSR count). The van der Waals surface area contributed by atoms with Crippen LogP contribution < -0.4 is 10.9 Å². The second kappa shape index (κ2) is 6.72. The van der Waals surface area contributed by atoms with E-state index >= 15 is 0 Å². The Morgan fingerprint density at radius 2 is 2.07 bits per heavy atom. The Hall–Kier alpha value is -3.16. The first kappa shape index (κ1) is 17.9. The lowest BCUT2D eigenvalue weighted by Crippen LogP contribution is -2.48. The van der Waals surface area contributed by atoms with Gasteiger partial charge in [-0.15, -0.1) is 0 Å². The third-order valence-corrected chi connectivity index (χ3v) is 6.38. The fraction of sp³-hybridized carbons (Fsp3) is 0.429. The van der Waals surface area contributed by atoms with Crippen molar-refractivity contribution in [2.75, 3.05) is 7.11 Å². The maximum absolute atomic E-state index is 12.8. The zero-order chi connectivity index (χ0) is 20.1. The molecule has 3 aromatic rings. The van der Waals surface area contributed by atoms with E-state index in [0.29, 0.717) is 11.1 Å². The lowest BCUT2D eigenvalue weighted by atomic mass is 9.84. The van der Waals surface area contributed by atoms with Crippen molar-refractivity contribution in [3.8, 4) is 0 Å². The summed E-state index contributed by atoms with van der Waals surface area (Å²) in [5.41, 5.74) is 0.797. The number of nitrogens with one attached hydrogen (secondary N) is 1. The van der Waals surface area contributed by atoms with Crippen LogP contribution in [0.1, 0.15) is 19.3 Å². The molecule has 1 amide bonds. The van der Waals surface area contributed by atoms with Crippen molar-refractivity contribution in [3.05, 3.63) is 40.9 Å². The van der Waals surface area contributed by atoms with Crippen LogP contribution in [0, 0.1) is 17.8 Å². The minimum absolute atomic E-state index is 0.133. The lowest BCUT2D eigenvalue weighted by molar-refractivity contribution is -0.148. The van der Waals surface area contributed by atoms with E-state index in [0.717, 1.165) is 24.6 Å². The van der Waals surface area contributed by atoms with Crippen LogP contribution in [-0.2, 0) is 20.9 Å². The zero-order valence-corrected chi connectivity index (χ0v) is 16.0. The van der Waals surface area contributed by atoms with Gasteiger partial charge in [-0.3, -0.25) is 19.0 Å². The molecule has 0 radical (unpaired) electrons. The molecule has 1 N–H and O–H groups in total. The average molecular weight is 395 g/mol. The molecule has 2 bridgehead atoms. The van der Waals surface area contributed by atoms with Crippen LogP contribution in [0.4, 0.5) is 0 Å². The minimum atomic E-state index is -0.404. The topological polar surface area (TPSA) is 103 Å². The van der Waals surface area contributed by atoms with Gasteiger partial charge in [0.05, 0.1) is 19.4 Å². The van der Waals surface area contributed by atoms with E-state index in [-0.39, 0.29) is 47.8 Å². The first-order valence-electron chi connectivity index (χ1n) is 9.80. The highest BCUT2D eigenvalue weighted by Gasteiger charge is 2.51. The first-order chi connectivity index (χ1) is 14.1. The third-order valence-electron chi connectivity index (χ3n) is 6.38. The molecule has 0 saturated heterocycles. The summed E-state index contributed by atoms with van der Waals surface area (Å²) < 4.78 is 11.8. The highest BCUT2D eigenvalue weighted by Crippen LogP contribution is 2.48. The van der Waals surface area contributed by atoms with Crippen LogP contribution in [0.25, 0.3) is 22.1 Å². The quantitative estimate of drug-likeness (QED) is 0.676. The van der Waals surface area contributed by atoms with Gasteiger partial charge in [0, 0.05) is 11.4 Å². The molecular weight excluding hydrogens is 374 g/mol. The van der Waals surface area contributed by atoms with Gasteiger partial charge in [0.2, 0.25) is 11.5 Å². The number of esters is 1. The number of carbonyl (C=O) groups excluding carboxylic acids is 2. The Labute approximate surface area is 165 Å². The maximum atomic E-state index is 12.8. The first-order valence-corrected chi connectivity index (χ1v) is 9.80. The van der Waals surface area contributed by atoms with Gasteiger partial charge < -0.3 is 14.5 Å². The van der Waals surface area contributed by atoms with E-state index in [1.165, 1.54) is 18.0 Å². The number of fused-ring (bicyclic) bond motifs is 5. The predicted octanol–water partition coefficient (Wildman–Crippen LogP) is 1.85. The molecule has 2 aliphatic rings. The van der Waals surface area contributed by atoms with E-state index in [1.54, 1.807) is 6.07 Å². The largest absolute Gasteiger partial charge is 0.469 e. The number of furan rings is 1. The molecule has 150 valence electrons. The third kappa shape index (κ3) is 2.82. The minimum Gasteiger partial charge on any atom is -0.469 e. The molecule has 0 spiro atoms. The molecule has 2 aromatic heterocycles. The molecule has 2 saturated carbocycles. The molecule has 2 heterocycles. The summed E-state index contributed by atoms with van der Waals surface area (Å²) in [6, 6.07) is 7.05. The molecule has 8 heteroatoms. The molecule has 4 unspecified atom stereocenters. The Morgan fingerprint density at radius 3 is 2.90 bits per heavy atom. The van der Waals surface area contributed by atoms with E-state index in [1.807, 2.05) is 18.2 Å². The number of carbonyl (C=O) groups is 2. The monoisotopic (exact) mass is 395 g/mol. The zero-order valence-electron chi connectivity index (χ0n) is 16.0. The fourth-order valence-electron chi connectivity index (χ4n) is 5.09. The summed E-state index contributed by atoms with van der Waals surface area (Å²) in [6.45, 7) is -0.180. The van der Waals surface area contributed by atoms with Crippen LogP contribution in [0.2, 0.25) is 0 Å². The van der Waals surface area contributed by atoms with Crippen molar-refractivity contribution in [1.82, 2.24) is 14.9 Å². The van der Waals surface area contributed by atoms with E-state index in [2.05, 4.69) is 10.3 Å². The smallest absolute Gasteiger partial charge is 0.311 e. The second-order valence-corrected chi connectivity index (χ2v) is 7.93. The summed E-state index contributed by atoms with van der Waals surface area (Å²) in [5, 5.41) is 3.73. The van der Waals surface area contributed by atoms with Crippen molar-refractivity contribution in [2.24, 2.45) is 17.8 Å². The summed E-state index contributed by atoms with van der Waals surface area (Å²) in [5.74, 6) is -0.369. The maximum Gasteiger partial charge on any atom is 0.311 e. The van der Waals surface area contributed by atoms with Crippen molar-refractivity contribution < 1.29 is 18.7 Å². The molecule has 4 atom stereocenters. The summed E-state index contributed by atoms with van der Waals surface area (Å²) in [7, 11) is 1.38. The fourth-order valence-corrected chi connectivity index (χ4v) is 5.09. The van der Waals surface area contributed by atoms with Crippen LogP contribution in [0.15, 0.2) is 39.8 Å². The number of rotatable bonds is 4. The van der Waals surface area contributed by atoms with Gasteiger partial charge in [-0.25, -0.2) is 4.98 Å². The van der Waals surface area contributed by atoms with Crippen LogP contribution >= 0.6 is 0 Å². The normalized spacial score (nSPS) is 25.6. The molecule has 8 nitrogen and oxygen atoms in total. The number of amides is 1. The number of methoxy groups -OCH3 is 1. The average Bonchev–Trinajstić information content (AvgIpc) is 3.42. The van der Waals surface area contributed by atoms with Crippen molar-refractivity contribution in [1.29, 1.82) is 0 Å². The van der Waals surface area contributed by atoms with E-state index in [4.69, 9.17) is 9.15 Å². The standard InChI is InChI=1S/C21H21N3O5/c1-28-21(27)16-11-6-7-12(8-11)17(16)23-15(25)9-24-10-22-18-13-4-2-3-5-14(13)29-19(18)20(24)26/h2-5,10-12,16-17H,6-9H2,1H3,(H,23,25). The van der Waals surface area contributed by atoms with Gasteiger partial charge in [0.25, 0.3) is 5.56 Å². The van der Waals surface area contributed by atoms with Gasteiger partial charge in [-0.05, 0) is 43.2 Å². The summed E-state index contributed by atoms with van der Waals surface area (Å²) in [4.78, 5) is 42.0. The summed E-state index contributed by atoms with van der Waals surface area (Å²) in [6.07, 6.45) is 4.28. The Kier molecular flexibility index (Phi) is 4.15. The van der Waals surface area contributed by atoms with Crippen molar-refractivity contribution >= 4 is 33.9 Å². The van der Waals surface area contributed by atoms with Crippen LogP contribution in [-0.4, -0.2) is 34.6 Å². The predicted molar refractivity (Wildman–Crippen MR) is 104 cm³/mol. The highest BCUT2D eigenvalue weighted by atomic mass is 16.5. The van der Waals surface area contributed by atoms with Crippen LogP contribution in [0.3, 0.4) is 0 Å². The number of ether oxygens (including phenoxy) is 1. The SMILES string of the molecule is COC(=O)C1C2CCC(C2)C1NC(=O)Cn1cnc2c(oc3ccccc32)c1=O. The number of aromatic nitrogens is 2. The van der Waals surface area contributed by atoms with E-state index in [9.17, 15) is 14.4 Å². The van der Waals surface area contributed by atoms with Crippen molar-refractivity contribution in [2.45, 2.75) is 31.8 Å². The van der Waals surface area contributed by atoms with Crippen molar-refractivity contribution in [3.63, 3.8) is 0 Å².